The van der Waals surface area contributed by atoms with Crippen LogP contribution in [-0.4, -0.2) is 20.9 Å². The first kappa shape index (κ1) is 20.7. The highest BCUT2D eigenvalue weighted by molar-refractivity contribution is 6.06. The van der Waals surface area contributed by atoms with E-state index < -0.39 is 17.6 Å². The third kappa shape index (κ3) is 3.59. The molecular weight excluding hydrogens is 429 g/mol. The molecule has 0 spiro atoms. The van der Waals surface area contributed by atoms with Crippen LogP contribution in [0.4, 0.5) is 13.2 Å². The Hall–Kier alpha value is -4.20. The number of aromatic nitrogens is 3. The summed E-state index contributed by atoms with van der Waals surface area (Å²) in [5.41, 5.74) is 9.66. The number of rotatable bonds is 3. The molecule has 5 rings (SSSR count). The number of benzene rings is 3. The van der Waals surface area contributed by atoms with Crippen molar-refractivity contribution in [3.8, 4) is 22.3 Å². The molecule has 0 unspecified atom stereocenters. The maximum absolute atomic E-state index is 13.1. The first-order valence-corrected chi connectivity index (χ1v) is 10.1. The minimum absolute atomic E-state index is 0.177. The van der Waals surface area contributed by atoms with E-state index in [1.807, 2.05) is 37.3 Å². The predicted molar refractivity (Wildman–Crippen MR) is 121 cm³/mol. The molecule has 2 heterocycles. The number of amides is 1. The van der Waals surface area contributed by atoms with Crippen LogP contribution in [0.5, 0.6) is 0 Å². The molecule has 0 aliphatic heterocycles. The molecule has 3 N–H and O–H groups in total. The molecule has 33 heavy (non-hydrogen) atoms. The fourth-order valence-corrected chi connectivity index (χ4v) is 4.08. The fourth-order valence-electron chi connectivity index (χ4n) is 4.08. The molecule has 0 saturated heterocycles. The monoisotopic (exact) mass is 446 g/mol. The zero-order valence-electron chi connectivity index (χ0n) is 17.4. The number of aryl methyl sites for hydroxylation is 1. The molecule has 0 aliphatic carbocycles. The Morgan fingerprint density at radius 3 is 2.45 bits per heavy atom. The van der Waals surface area contributed by atoms with Crippen molar-refractivity contribution >= 4 is 27.8 Å². The summed E-state index contributed by atoms with van der Waals surface area (Å²) in [6.45, 7) is 1.95. The lowest BCUT2D eigenvalue weighted by atomic mass is 9.91. The van der Waals surface area contributed by atoms with Gasteiger partial charge in [0.05, 0.1) is 5.56 Å². The molecule has 8 heteroatoms. The number of fused-ring (bicyclic) bond motifs is 3. The van der Waals surface area contributed by atoms with Crippen LogP contribution in [0.2, 0.25) is 0 Å². The van der Waals surface area contributed by atoms with Crippen LogP contribution >= 0.6 is 0 Å². The van der Waals surface area contributed by atoms with Crippen molar-refractivity contribution in [2.24, 2.45) is 5.73 Å². The van der Waals surface area contributed by atoms with E-state index in [0.717, 1.165) is 50.8 Å². The molecule has 0 atom stereocenters. The number of carbonyl (C=O) groups is 1. The van der Waals surface area contributed by atoms with Crippen molar-refractivity contribution in [3.63, 3.8) is 0 Å². The number of nitrogens with zero attached hydrogens (tertiary/aromatic N) is 2. The number of primary amides is 1. The Labute approximate surface area is 186 Å². The summed E-state index contributed by atoms with van der Waals surface area (Å²) in [4.78, 5) is 23.6. The lowest BCUT2D eigenvalue weighted by Crippen LogP contribution is -2.15. The van der Waals surface area contributed by atoms with Gasteiger partial charge in [0, 0.05) is 28.0 Å². The molecule has 5 nitrogen and oxygen atoms in total. The lowest BCUT2D eigenvalue weighted by molar-refractivity contribution is -0.137. The number of hydrogen-bond donors (Lipinski definition) is 2. The Morgan fingerprint density at radius 1 is 0.939 bits per heavy atom. The zero-order valence-corrected chi connectivity index (χ0v) is 17.4. The van der Waals surface area contributed by atoms with Gasteiger partial charge in [-0.3, -0.25) is 4.79 Å². The van der Waals surface area contributed by atoms with Gasteiger partial charge < -0.3 is 10.7 Å². The minimum atomic E-state index is -4.57. The van der Waals surface area contributed by atoms with Gasteiger partial charge in [0.2, 0.25) is 5.91 Å². The Kier molecular flexibility index (Phi) is 4.67. The van der Waals surface area contributed by atoms with E-state index in [-0.39, 0.29) is 5.56 Å². The van der Waals surface area contributed by atoms with E-state index in [4.69, 9.17) is 5.73 Å². The van der Waals surface area contributed by atoms with Gasteiger partial charge >= 0.3 is 6.18 Å². The molecule has 0 bridgehead atoms. The minimum Gasteiger partial charge on any atom is -0.366 e. The number of halogens is 3. The second-order valence-electron chi connectivity index (χ2n) is 7.82. The fraction of sp³-hybridized carbons (Fsp3) is 0.0800. The summed E-state index contributed by atoms with van der Waals surface area (Å²) < 4.78 is 39.4. The van der Waals surface area contributed by atoms with Crippen LogP contribution in [0.3, 0.4) is 0 Å². The first-order chi connectivity index (χ1) is 15.7. The van der Waals surface area contributed by atoms with E-state index >= 15 is 0 Å². The number of hydrogen-bond acceptors (Lipinski definition) is 3. The highest BCUT2D eigenvalue weighted by Crippen LogP contribution is 2.36. The van der Waals surface area contributed by atoms with Gasteiger partial charge in [-0.2, -0.15) is 13.2 Å². The number of aromatic amines is 1. The van der Waals surface area contributed by atoms with Crippen LogP contribution < -0.4 is 5.73 Å². The Bertz CT molecular complexity index is 1550. The predicted octanol–water partition coefficient (Wildman–Crippen LogP) is 5.87. The topological polar surface area (TPSA) is 84.7 Å². The molecule has 2 aromatic heterocycles. The van der Waals surface area contributed by atoms with Gasteiger partial charge in [0.25, 0.3) is 0 Å². The van der Waals surface area contributed by atoms with Crippen LogP contribution in [0.15, 0.2) is 67.1 Å². The summed E-state index contributed by atoms with van der Waals surface area (Å²) in [7, 11) is 0. The molecule has 1 amide bonds. The average molecular weight is 446 g/mol. The van der Waals surface area contributed by atoms with Crippen molar-refractivity contribution in [2.45, 2.75) is 13.1 Å². The van der Waals surface area contributed by atoms with Gasteiger partial charge in [-0.1, -0.05) is 30.3 Å². The van der Waals surface area contributed by atoms with E-state index in [2.05, 4.69) is 15.0 Å². The highest BCUT2D eigenvalue weighted by Gasteiger charge is 2.31. The maximum Gasteiger partial charge on any atom is 0.416 e. The number of alkyl halides is 3. The second kappa shape index (κ2) is 7.44. The van der Waals surface area contributed by atoms with Crippen molar-refractivity contribution < 1.29 is 18.0 Å². The average Bonchev–Trinajstić information content (AvgIpc) is 3.16. The SMILES string of the molecule is Cc1ccc(-c2ccc(C(F)(F)F)cc2C(N)=O)cc1-c1ccc2c(c1)[nH]c1ncncc12. The van der Waals surface area contributed by atoms with Crippen molar-refractivity contribution in [1.29, 1.82) is 0 Å². The van der Waals surface area contributed by atoms with Crippen LogP contribution in [0, 0.1) is 6.92 Å². The summed E-state index contributed by atoms with van der Waals surface area (Å²) in [5.74, 6) is -0.918. The Morgan fingerprint density at radius 2 is 1.70 bits per heavy atom. The third-order valence-corrected chi connectivity index (χ3v) is 5.75. The molecule has 0 radical (unpaired) electrons. The van der Waals surface area contributed by atoms with E-state index in [1.54, 1.807) is 12.3 Å². The molecule has 3 aromatic carbocycles. The van der Waals surface area contributed by atoms with Crippen LogP contribution in [0.1, 0.15) is 21.5 Å². The number of nitrogens with two attached hydrogens (primary N) is 1. The van der Waals surface area contributed by atoms with E-state index in [9.17, 15) is 18.0 Å². The molecule has 0 fully saturated rings. The van der Waals surface area contributed by atoms with Gasteiger partial charge in [0.15, 0.2) is 0 Å². The van der Waals surface area contributed by atoms with E-state index in [0.29, 0.717) is 11.1 Å². The number of H-pyrrole nitrogens is 1. The van der Waals surface area contributed by atoms with E-state index in [1.165, 1.54) is 12.4 Å². The molecule has 0 saturated carbocycles. The van der Waals surface area contributed by atoms with Gasteiger partial charge in [-0.05, 0) is 59.0 Å². The smallest absolute Gasteiger partial charge is 0.366 e. The molecule has 164 valence electrons. The first-order valence-electron chi connectivity index (χ1n) is 10.1. The van der Waals surface area contributed by atoms with Gasteiger partial charge in [0.1, 0.15) is 12.0 Å². The summed E-state index contributed by atoms with van der Waals surface area (Å²) in [5, 5.41) is 1.90. The normalized spacial score (nSPS) is 11.9. The van der Waals surface area contributed by atoms with Gasteiger partial charge in [-0.25, -0.2) is 9.97 Å². The summed E-state index contributed by atoms with van der Waals surface area (Å²) in [6, 6.07) is 14.5. The third-order valence-electron chi connectivity index (χ3n) is 5.75. The van der Waals surface area contributed by atoms with Crippen molar-refractivity contribution in [1.82, 2.24) is 15.0 Å². The number of nitrogens with one attached hydrogen (secondary N) is 1. The molecule has 5 aromatic rings. The van der Waals surface area contributed by atoms with Gasteiger partial charge in [-0.15, -0.1) is 0 Å². The Balaban J connectivity index is 1.65. The molecule has 0 aliphatic rings. The standard InChI is InChI=1S/C25H17F3N4O/c1-13-2-3-14(17-7-5-16(25(26,27)28)10-20(17)23(29)33)8-19(13)15-4-6-18-21-11-30-12-31-24(21)32-22(18)9-15/h2-12H,1H3,(H2,29,33)(H,30,31,32). The number of carbonyl (C=O) groups excluding carboxylic acids is 1. The van der Waals surface area contributed by atoms with Crippen LogP contribution in [-0.2, 0) is 6.18 Å². The van der Waals surface area contributed by atoms with Crippen molar-refractivity contribution in [2.75, 3.05) is 0 Å². The maximum atomic E-state index is 13.1. The highest BCUT2D eigenvalue weighted by atomic mass is 19.4. The summed E-state index contributed by atoms with van der Waals surface area (Å²) >= 11 is 0. The largest absolute Gasteiger partial charge is 0.416 e. The lowest BCUT2D eigenvalue weighted by Gasteiger charge is -2.14. The molecular formula is C25H17F3N4O. The van der Waals surface area contributed by atoms with Crippen LogP contribution in [0.25, 0.3) is 44.2 Å². The van der Waals surface area contributed by atoms with Crippen molar-refractivity contribution in [3.05, 3.63) is 83.8 Å². The zero-order chi connectivity index (χ0) is 23.3. The summed E-state index contributed by atoms with van der Waals surface area (Å²) in [6.07, 6.45) is -1.34. The second-order valence-corrected chi connectivity index (χ2v) is 7.82. The quantitative estimate of drug-likeness (QED) is 0.363.